The number of carbonyl (C=O) groups is 2. The Bertz CT molecular complexity index is 1020. The van der Waals surface area contributed by atoms with E-state index in [0.29, 0.717) is 11.4 Å². The highest BCUT2D eigenvalue weighted by Crippen LogP contribution is 2.36. The highest BCUT2D eigenvalue weighted by molar-refractivity contribution is 8.18. The van der Waals surface area contributed by atoms with Crippen molar-refractivity contribution in [3.63, 3.8) is 0 Å². The summed E-state index contributed by atoms with van der Waals surface area (Å²) in [6.07, 6.45) is 1.82. The van der Waals surface area contributed by atoms with E-state index in [4.69, 9.17) is 0 Å². The molecule has 0 N–H and O–H groups in total. The van der Waals surface area contributed by atoms with Crippen molar-refractivity contribution < 1.29 is 9.59 Å². The van der Waals surface area contributed by atoms with Crippen molar-refractivity contribution >= 4 is 40.3 Å². The number of thiophene rings is 1. The van der Waals surface area contributed by atoms with Crippen molar-refractivity contribution in [2.24, 2.45) is 0 Å². The van der Waals surface area contributed by atoms with E-state index in [1.54, 1.807) is 11.3 Å². The second kappa shape index (κ2) is 7.55. The monoisotopic (exact) mass is 391 g/mol. The van der Waals surface area contributed by atoms with Gasteiger partial charge in [0.2, 0.25) is 0 Å². The summed E-state index contributed by atoms with van der Waals surface area (Å²) in [7, 11) is 0. The van der Waals surface area contributed by atoms with Gasteiger partial charge >= 0.3 is 0 Å². The van der Waals surface area contributed by atoms with Gasteiger partial charge in [0.15, 0.2) is 0 Å². The quantitative estimate of drug-likeness (QED) is 0.515. The molecular formula is C22H17NO2S2. The van der Waals surface area contributed by atoms with Crippen molar-refractivity contribution in [1.82, 2.24) is 4.90 Å². The van der Waals surface area contributed by atoms with Gasteiger partial charge in [-0.2, -0.15) is 0 Å². The van der Waals surface area contributed by atoms with Crippen LogP contribution in [0.3, 0.4) is 0 Å². The molecule has 1 aliphatic heterocycles. The van der Waals surface area contributed by atoms with E-state index in [0.717, 1.165) is 32.6 Å². The van der Waals surface area contributed by atoms with E-state index < -0.39 is 0 Å². The maximum Gasteiger partial charge on any atom is 0.293 e. The Morgan fingerprint density at radius 1 is 0.926 bits per heavy atom. The number of nitrogens with zero attached hydrogens (tertiary/aromatic N) is 1. The predicted molar refractivity (Wildman–Crippen MR) is 112 cm³/mol. The lowest BCUT2D eigenvalue weighted by Gasteiger charge is -2.11. The molecule has 0 radical (unpaired) electrons. The van der Waals surface area contributed by atoms with Crippen LogP contribution in [0.15, 0.2) is 71.6 Å². The van der Waals surface area contributed by atoms with Crippen molar-refractivity contribution in [3.8, 4) is 10.4 Å². The molecule has 0 bridgehead atoms. The van der Waals surface area contributed by atoms with Crippen LogP contribution in [0.2, 0.25) is 0 Å². The van der Waals surface area contributed by atoms with E-state index in [2.05, 4.69) is 37.3 Å². The van der Waals surface area contributed by atoms with Gasteiger partial charge in [0.25, 0.3) is 11.1 Å². The van der Waals surface area contributed by atoms with Gasteiger partial charge in [0.05, 0.1) is 11.4 Å². The van der Waals surface area contributed by atoms with Crippen LogP contribution in [-0.4, -0.2) is 16.0 Å². The van der Waals surface area contributed by atoms with E-state index >= 15 is 0 Å². The standard InChI is InChI=1S/C22H17NO2S2/c1-15-7-9-17(10-8-15)19-12-11-18(26-19)13-20-21(24)23(22(25)27-20)14-16-5-3-2-4-6-16/h2-13H,14H2,1H3. The van der Waals surface area contributed by atoms with Crippen LogP contribution in [0.1, 0.15) is 16.0 Å². The summed E-state index contributed by atoms with van der Waals surface area (Å²) in [5, 5.41) is -0.217. The lowest BCUT2D eigenvalue weighted by atomic mass is 10.1. The maximum atomic E-state index is 12.7. The summed E-state index contributed by atoms with van der Waals surface area (Å²) in [5.41, 5.74) is 3.32. The highest BCUT2D eigenvalue weighted by atomic mass is 32.2. The van der Waals surface area contributed by atoms with Crippen LogP contribution in [0.4, 0.5) is 4.79 Å². The van der Waals surface area contributed by atoms with E-state index in [1.807, 2.05) is 42.5 Å². The van der Waals surface area contributed by atoms with Gasteiger partial charge in [-0.1, -0.05) is 60.2 Å². The van der Waals surface area contributed by atoms with Gasteiger partial charge < -0.3 is 0 Å². The first-order valence-electron chi connectivity index (χ1n) is 8.56. The fourth-order valence-electron chi connectivity index (χ4n) is 2.83. The Morgan fingerprint density at radius 3 is 2.41 bits per heavy atom. The largest absolute Gasteiger partial charge is 0.293 e. The first-order chi connectivity index (χ1) is 13.1. The van der Waals surface area contributed by atoms with Gasteiger partial charge in [-0.05, 0) is 48.0 Å². The molecule has 2 aromatic carbocycles. The van der Waals surface area contributed by atoms with E-state index in [-0.39, 0.29) is 11.1 Å². The van der Waals surface area contributed by atoms with Crippen LogP contribution in [0.5, 0.6) is 0 Å². The van der Waals surface area contributed by atoms with Gasteiger partial charge in [-0.15, -0.1) is 11.3 Å². The molecule has 0 spiro atoms. The lowest BCUT2D eigenvalue weighted by molar-refractivity contribution is -0.123. The minimum absolute atomic E-state index is 0.217. The first kappa shape index (κ1) is 17.8. The zero-order valence-electron chi connectivity index (χ0n) is 14.7. The number of hydrogen-bond donors (Lipinski definition) is 0. The third kappa shape index (κ3) is 3.89. The third-order valence-electron chi connectivity index (χ3n) is 4.29. The Labute approximate surface area is 166 Å². The van der Waals surface area contributed by atoms with E-state index in [1.165, 1.54) is 10.5 Å². The van der Waals surface area contributed by atoms with Crippen LogP contribution < -0.4 is 0 Å². The molecule has 0 atom stereocenters. The molecule has 134 valence electrons. The Kier molecular flexibility index (Phi) is 4.97. The molecule has 1 aliphatic rings. The molecule has 3 nitrogen and oxygen atoms in total. The normalized spacial score (nSPS) is 15.7. The summed E-state index contributed by atoms with van der Waals surface area (Å²) >= 11 is 2.62. The fourth-order valence-corrected chi connectivity index (χ4v) is 4.70. The summed E-state index contributed by atoms with van der Waals surface area (Å²) in [6, 6.07) is 22.0. The number of aryl methyl sites for hydroxylation is 1. The minimum atomic E-state index is -0.223. The van der Waals surface area contributed by atoms with E-state index in [9.17, 15) is 9.59 Å². The third-order valence-corrected chi connectivity index (χ3v) is 6.28. The average Bonchev–Trinajstić information content (AvgIpc) is 3.24. The van der Waals surface area contributed by atoms with Crippen molar-refractivity contribution in [3.05, 3.63) is 87.6 Å². The van der Waals surface area contributed by atoms with Crippen molar-refractivity contribution in [1.29, 1.82) is 0 Å². The Morgan fingerprint density at radius 2 is 1.67 bits per heavy atom. The maximum absolute atomic E-state index is 12.7. The lowest BCUT2D eigenvalue weighted by Crippen LogP contribution is -2.27. The second-order valence-electron chi connectivity index (χ2n) is 6.32. The van der Waals surface area contributed by atoms with Crippen LogP contribution >= 0.6 is 23.1 Å². The van der Waals surface area contributed by atoms with Gasteiger partial charge in [0.1, 0.15) is 0 Å². The SMILES string of the molecule is Cc1ccc(-c2ccc(C=C3SC(=O)N(Cc4ccccc4)C3=O)s2)cc1. The molecule has 0 aliphatic carbocycles. The second-order valence-corrected chi connectivity index (χ2v) is 8.43. The highest BCUT2D eigenvalue weighted by Gasteiger charge is 2.35. The number of imide groups is 1. The molecule has 2 heterocycles. The summed E-state index contributed by atoms with van der Waals surface area (Å²) < 4.78 is 0. The number of hydrogen-bond acceptors (Lipinski definition) is 4. The molecule has 0 saturated carbocycles. The number of benzene rings is 2. The number of amides is 2. The predicted octanol–water partition coefficient (Wildman–Crippen LogP) is 5.96. The van der Waals surface area contributed by atoms with Gasteiger partial charge in [-0.3, -0.25) is 14.5 Å². The van der Waals surface area contributed by atoms with Gasteiger partial charge in [0, 0.05) is 9.75 Å². The van der Waals surface area contributed by atoms with Crippen molar-refractivity contribution in [2.75, 3.05) is 0 Å². The smallest absolute Gasteiger partial charge is 0.268 e. The van der Waals surface area contributed by atoms with Crippen LogP contribution in [0, 0.1) is 6.92 Å². The molecule has 3 aromatic rings. The molecule has 4 rings (SSSR count). The number of thioether (sulfide) groups is 1. The number of rotatable bonds is 4. The molecular weight excluding hydrogens is 374 g/mol. The molecule has 5 heteroatoms. The summed E-state index contributed by atoms with van der Waals surface area (Å²) in [4.78, 5) is 28.8. The average molecular weight is 392 g/mol. The molecule has 0 unspecified atom stereocenters. The Hall–Kier alpha value is -2.63. The zero-order valence-corrected chi connectivity index (χ0v) is 16.3. The first-order valence-corrected chi connectivity index (χ1v) is 10.2. The molecule has 27 heavy (non-hydrogen) atoms. The minimum Gasteiger partial charge on any atom is -0.268 e. The molecule has 1 aromatic heterocycles. The molecule has 1 saturated heterocycles. The van der Waals surface area contributed by atoms with Crippen molar-refractivity contribution in [2.45, 2.75) is 13.5 Å². The Balaban J connectivity index is 1.53. The van der Waals surface area contributed by atoms with Crippen LogP contribution in [-0.2, 0) is 11.3 Å². The summed E-state index contributed by atoms with van der Waals surface area (Å²) in [6.45, 7) is 2.37. The topological polar surface area (TPSA) is 37.4 Å². The molecule has 1 fully saturated rings. The molecule has 2 amide bonds. The summed E-state index contributed by atoms with van der Waals surface area (Å²) in [5.74, 6) is -0.223. The number of carbonyl (C=O) groups excluding carboxylic acids is 2. The zero-order chi connectivity index (χ0) is 18.8. The van der Waals surface area contributed by atoms with Gasteiger partial charge in [-0.25, -0.2) is 0 Å². The fraction of sp³-hybridized carbons (Fsp3) is 0.0909. The van der Waals surface area contributed by atoms with Crippen LogP contribution in [0.25, 0.3) is 16.5 Å².